The van der Waals surface area contributed by atoms with Gasteiger partial charge in [-0.1, -0.05) is 42.5 Å². The predicted molar refractivity (Wildman–Crippen MR) is 107 cm³/mol. The molecule has 0 amide bonds. The molecular weight excluding hydrogens is 319 g/mol. The van der Waals surface area contributed by atoms with Crippen LogP contribution in [0.3, 0.4) is 0 Å². The van der Waals surface area contributed by atoms with Gasteiger partial charge in [0, 0.05) is 0 Å². The normalized spacial score (nSPS) is 26.0. The summed E-state index contributed by atoms with van der Waals surface area (Å²) >= 11 is 0. The zero-order valence-electron chi connectivity index (χ0n) is 15.8. The fraction of sp³-hybridized carbons (Fsp3) is 0.440. The van der Waals surface area contributed by atoms with Crippen molar-refractivity contribution in [3.63, 3.8) is 0 Å². The Balaban J connectivity index is 1.41. The van der Waals surface area contributed by atoms with Gasteiger partial charge in [-0.2, -0.15) is 0 Å². The zero-order valence-corrected chi connectivity index (χ0v) is 15.8. The summed E-state index contributed by atoms with van der Waals surface area (Å²) in [5.74, 6) is 2.01. The molecule has 0 aromatic heterocycles. The molecule has 1 unspecified atom stereocenters. The molecule has 0 bridgehead atoms. The second kappa shape index (κ2) is 7.78. The maximum atomic E-state index is 13.4. The molecule has 136 valence electrons. The summed E-state index contributed by atoms with van der Waals surface area (Å²) in [6.45, 7) is 2.13. The number of aryl methyl sites for hydroxylation is 1. The van der Waals surface area contributed by atoms with Crippen molar-refractivity contribution in [1.82, 2.24) is 0 Å². The third-order valence-electron chi connectivity index (χ3n) is 6.51. The second-order valence-corrected chi connectivity index (χ2v) is 8.16. The highest BCUT2D eigenvalue weighted by molar-refractivity contribution is 5.35. The van der Waals surface area contributed by atoms with E-state index in [9.17, 15) is 4.39 Å². The molecule has 2 aromatic carbocycles. The van der Waals surface area contributed by atoms with Crippen LogP contribution in [0.15, 0.2) is 54.6 Å². The molecule has 0 nitrogen and oxygen atoms in total. The van der Waals surface area contributed by atoms with Gasteiger partial charge in [-0.25, -0.2) is 4.39 Å². The maximum Gasteiger partial charge on any atom is 0.123 e. The highest BCUT2D eigenvalue weighted by Gasteiger charge is 2.23. The molecule has 0 N–H and O–H groups in total. The van der Waals surface area contributed by atoms with E-state index in [2.05, 4.69) is 43.3 Å². The molecule has 2 aromatic rings. The van der Waals surface area contributed by atoms with E-state index < -0.39 is 0 Å². The second-order valence-electron chi connectivity index (χ2n) is 8.16. The van der Waals surface area contributed by atoms with E-state index in [1.54, 1.807) is 12.1 Å². The Morgan fingerprint density at radius 2 is 1.50 bits per heavy atom. The van der Waals surface area contributed by atoms with Gasteiger partial charge in [0.25, 0.3) is 0 Å². The van der Waals surface area contributed by atoms with E-state index in [1.165, 1.54) is 47.9 Å². The first-order chi connectivity index (χ1) is 12.7. The van der Waals surface area contributed by atoms with Crippen molar-refractivity contribution >= 4 is 0 Å². The van der Waals surface area contributed by atoms with Crippen molar-refractivity contribution in [2.75, 3.05) is 0 Å². The maximum absolute atomic E-state index is 13.4. The minimum Gasteiger partial charge on any atom is -0.207 e. The summed E-state index contributed by atoms with van der Waals surface area (Å²) < 4.78 is 13.4. The lowest BCUT2D eigenvalue weighted by Gasteiger charge is -2.28. The fourth-order valence-electron chi connectivity index (χ4n) is 4.97. The molecule has 0 saturated heterocycles. The van der Waals surface area contributed by atoms with E-state index in [-0.39, 0.29) is 5.82 Å². The van der Waals surface area contributed by atoms with Gasteiger partial charge in [0.05, 0.1) is 0 Å². The molecule has 4 rings (SSSR count). The standard InChI is InChI=1S/C25H29F/c1-2-3-18-4-6-19(7-5-18)20-8-10-21(11-9-20)22-12-13-24-17-25(26)15-14-23(24)16-22/h2-3,8-11,14-15,17-19,22H,4-7,12-13,16H2,1H3/b3-2+. The SMILES string of the molecule is C/C=C/C1CCC(c2ccc(C3CCc4cc(F)ccc4C3)cc2)CC1. The Kier molecular flexibility index (Phi) is 5.24. The number of hydrogen-bond acceptors (Lipinski definition) is 0. The third kappa shape index (κ3) is 3.77. The lowest BCUT2D eigenvalue weighted by molar-refractivity contribution is 0.375. The van der Waals surface area contributed by atoms with Gasteiger partial charge in [-0.15, -0.1) is 0 Å². The topological polar surface area (TPSA) is 0 Å². The molecule has 0 heterocycles. The van der Waals surface area contributed by atoms with Crippen molar-refractivity contribution in [2.45, 2.75) is 63.7 Å². The molecule has 0 spiro atoms. The summed E-state index contributed by atoms with van der Waals surface area (Å²) in [6.07, 6.45) is 13.0. The molecule has 1 heteroatoms. The van der Waals surface area contributed by atoms with Gasteiger partial charge < -0.3 is 0 Å². The summed E-state index contributed by atoms with van der Waals surface area (Å²) in [5.41, 5.74) is 5.50. The van der Waals surface area contributed by atoms with Gasteiger partial charge in [0.15, 0.2) is 0 Å². The van der Waals surface area contributed by atoms with Gasteiger partial charge in [-0.3, -0.25) is 0 Å². The van der Waals surface area contributed by atoms with Crippen LogP contribution in [0, 0.1) is 11.7 Å². The molecule has 0 radical (unpaired) electrons. The summed E-state index contributed by atoms with van der Waals surface area (Å²) in [7, 11) is 0. The number of allylic oxidation sites excluding steroid dienone is 2. The highest BCUT2D eigenvalue weighted by Crippen LogP contribution is 2.38. The van der Waals surface area contributed by atoms with Crippen LogP contribution in [0.5, 0.6) is 0 Å². The van der Waals surface area contributed by atoms with E-state index in [4.69, 9.17) is 0 Å². The molecule has 1 fully saturated rings. The van der Waals surface area contributed by atoms with Crippen LogP contribution in [0.4, 0.5) is 4.39 Å². The summed E-state index contributed by atoms with van der Waals surface area (Å²) in [4.78, 5) is 0. The molecule has 1 saturated carbocycles. The van der Waals surface area contributed by atoms with Crippen LogP contribution in [0.25, 0.3) is 0 Å². The van der Waals surface area contributed by atoms with E-state index in [1.807, 2.05) is 6.07 Å². The largest absolute Gasteiger partial charge is 0.207 e. The minimum absolute atomic E-state index is 0.101. The van der Waals surface area contributed by atoms with Crippen LogP contribution in [0.1, 0.15) is 73.1 Å². The first-order valence-electron chi connectivity index (χ1n) is 10.2. The summed E-state index contributed by atoms with van der Waals surface area (Å²) in [6, 6.07) is 14.8. The number of halogens is 1. The quantitative estimate of drug-likeness (QED) is 0.527. The minimum atomic E-state index is -0.101. The van der Waals surface area contributed by atoms with Crippen LogP contribution >= 0.6 is 0 Å². The van der Waals surface area contributed by atoms with E-state index in [0.717, 1.165) is 31.1 Å². The van der Waals surface area contributed by atoms with Gasteiger partial charge >= 0.3 is 0 Å². The average Bonchev–Trinajstić information content (AvgIpc) is 2.69. The first-order valence-corrected chi connectivity index (χ1v) is 10.2. The van der Waals surface area contributed by atoms with Crippen molar-refractivity contribution in [2.24, 2.45) is 5.92 Å². The van der Waals surface area contributed by atoms with Crippen molar-refractivity contribution in [3.05, 3.63) is 82.7 Å². The van der Waals surface area contributed by atoms with Crippen LogP contribution in [-0.2, 0) is 12.8 Å². The van der Waals surface area contributed by atoms with Crippen molar-refractivity contribution in [1.29, 1.82) is 0 Å². The van der Waals surface area contributed by atoms with Crippen molar-refractivity contribution < 1.29 is 4.39 Å². The van der Waals surface area contributed by atoms with E-state index in [0.29, 0.717) is 5.92 Å². The van der Waals surface area contributed by atoms with Crippen LogP contribution in [-0.4, -0.2) is 0 Å². The van der Waals surface area contributed by atoms with Gasteiger partial charge in [-0.05, 0) is 104 Å². The molecule has 26 heavy (non-hydrogen) atoms. The Labute approximate surface area is 157 Å². The number of rotatable bonds is 3. The monoisotopic (exact) mass is 348 g/mol. The zero-order chi connectivity index (χ0) is 17.9. The van der Waals surface area contributed by atoms with E-state index >= 15 is 0 Å². The first kappa shape index (κ1) is 17.5. The molecule has 0 aliphatic heterocycles. The predicted octanol–water partition coefficient (Wildman–Crippen LogP) is 6.95. The third-order valence-corrected chi connectivity index (χ3v) is 6.51. The summed E-state index contributed by atoms with van der Waals surface area (Å²) in [5, 5.41) is 0. The Hall–Kier alpha value is -1.89. The Morgan fingerprint density at radius 3 is 2.19 bits per heavy atom. The number of benzene rings is 2. The molecule has 2 aliphatic carbocycles. The Morgan fingerprint density at radius 1 is 0.808 bits per heavy atom. The highest BCUT2D eigenvalue weighted by atomic mass is 19.1. The smallest absolute Gasteiger partial charge is 0.123 e. The van der Waals surface area contributed by atoms with Crippen molar-refractivity contribution in [3.8, 4) is 0 Å². The van der Waals surface area contributed by atoms with Crippen LogP contribution in [0.2, 0.25) is 0 Å². The average molecular weight is 349 g/mol. The molecule has 1 atom stereocenters. The lowest BCUT2D eigenvalue weighted by atomic mass is 9.77. The van der Waals surface area contributed by atoms with Gasteiger partial charge in [0.1, 0.15) is 5.82 Å². The fourth-order valence-corrected chi connectivity index (χ4v) is 4.97. The number of hydrogen-bond donors (Lipinski definition) is 0. The number of fused-ring (bicyclic) bond motifs is 1. The molecule has 2 aliphatic rings. The molecular formula is C25H29F. The lowest BCUT2D eigenvalue weighted by Crippen LogP contribution is -2.14. The van der Waals surface area contributed by atoms with Gasteiger partial charge in [0.2, 0.25) is 0 Å². The Bertz CT molecular complexity index is 763. The van der Waals surface area contributed by atoms with Crippen LogP contribution < -0.4 is 0 Å².